The molecule has 0 aliphatic carbocycles. The molecular formula is C19H19N3O2S. The molecule has 0 aliphatic heterocycles. The van der Waals surface area contributed by atoms with Gasteiger partial charge in [0.2, 0.25) is 10.0 Å². The summed E-state index contributed by atoms with van der Waals surface area (Å²) in [6.45, 7) is 0.323. The molecule has 1 N–H and O–H groups in total. The number of nitrogens with zero attached hydrogens (tertiary/aromatic N) is 2. The van der Waals surface area contributed by atoms with Gasteiger partial charge < -0.3 is 0 Å². The van der Waals surface area contributed by atoms with E-state index >= 15 is 0 Å². The van der Waals surface area contributed by atoms with E-state index in [4.69, 9.17) is 0 Å². The summed E-state index contributed by atoms with van der Waals surface area (Å²) in [5.74, 6) is 0.645. The molecule has 0 amide bonds. The summed E-state index contributed by atoms with van der Waals surface area (Å²) in [6.07, 6.45) is 4.02. The van der Waals surface area contributed by atoms with Crippen LogP contribution >= 0.6 is 0 Å². The fourth-order valence-corrected chi connectivity index (χ4v) is 3.56. The van der Waals surface area contributed by atoms with Crippen LogP contribution in [0, 0.1) is 0 Å². The second-order valence-electron chi connectivity index (χ2n) is 5.67. The zero-order valence-electron chi connectivity index (χ0n) is 13.7. The van der Waals surface area contributed by atoms with Gasteiger partial charge in [0.15, 0.2) is 5.82 Å². The van der Waals surface area contributed by atoms with Gasteiger partial charge in [-0.1, -0.05) is 60.7 Å². The smallest absolute Gasteiger partial charge is 0.215 e. The highest BCUT2D eigenvalue weighted by Crippen LogP contribution is 2.13. The van der Waals surface area contributed by atoms with Gasteiger partial charge in [-0.2, -0.15) is 0 Å². The van der Waals surface area contributed by atoms with Crippen LogP contribution in [-0.4, -0.2) is 24.9 Å². The molecule has 6 heteroatoms. The summed E-state index contributed by atoms with van der Waals surface area (Å²) >= 11 is 0. The molecule has 0 radical (unpaired) electrons. The number of hydrogen-bond acceptors (Lipinski definition) is 4. The Balaban J connectivity index is 1.53. The van der Waals surface area contributed by atoms with E-state index in [-0.39, 0.29) is 5.75 Å². The summed E-state index contributed by atoms with van der Waals surface area (Å²) in [4.78, 5) is 8.69. The lowest BCUT2D eigenvalue weighted by molar-refractivity contribution is 0.580. The molecule has 0 bridgehead atoms. The number of sulfonamides is 1. The Morgan fingerprint density at radius 1 is 0.800 bits per heavy atom. The maximum absolute atomic E-state index is 12.1. The molecule has 0 saturated carbocycles. The van der Waals surface area contributed by atoms with Gasteiger partial charge in [-0.15, -0.1) is 0 Å². The van der Waals surface area contributed by atoms with Gasteiger partial charge in [-0.3, -0.25) is 0 Å². The van der Waals surface area contributed by atoms with E-state index in [0.29, 0.717) is 18.8 Å². The summed E-state index contributed by atoms with van der Waals surface area (Å²) in [7, 11) is -3.35. The molecule has 2 aromatic carbocycles. The van der Waals surface area contributed by atoms with Crippen molar-refractivity contribution in [3.8, 4) is 11.4 Å². The minimum absolute atomic E-state index is 0.0166. The first kappa shape index (κ1) is 17.3. The van der Waals surface area contributed by atoms with Gasteiger partial charge in [-0.25, -0.2) is 23.1 Å². The Morgan fingerprint density at radius 3 is 2.04 bits per heavy atom. The number of aromatic nitrogens is 2. The van der Waals surface area contributed by atoms with Gasteiger partial charge in [0.1, 0.15) is 0 Å². The van der Waals surface area contributed by atoms with Crippen LogP contribution in [0.2, 0.25) is 0 Å². The SMILES string of the molecule is O=S(=O)(Cc1ccccc1)NCCc1cnc(-c2ccccc2)nc1. The van der Waals surface area contributed by atoms with Gasteiger partial charge in [0.25, 0.3) is 0 Å². The highest BCUT2D eigenvalue weighted by atomic mass is 32.2. The fraction of sp³-hybridized carbons (Fsp3) is 0.158. The van der Waals surface area contributed by atoms with E-state index in [1.54, 1.807) is 24.5 Å². The first-order valence-corrected chi connectivity index (χ1v) is 9.65. The van der Waals surface area contributed by atoms with Crippen molar-refractivity contribution in [2.45, 2.75) is 12.2 Å². The van der Waals surface area contributed by atoms with E-state index in [1.807, 2.05) is 48.5 Å². The Morgan fingerprint density at radius 2 is 1.40 bits per heavy atom. The van der Waals surface area contributed by atoms with Crippen molar-refractivity contribution >= 4 is 10.0 Å². The average Bonchev–Trinajstić information content (AvgIpc) is 2.63. The van der Waals surface area contributed by atoms with Crippen LogP contribution in [0.5, 0.6) is 0 Å². The Kier molecular flexibility index (Phi) is 5.53. The second kappa shape index (κ2) is 8.00. The average molecular weight is 353 g/mol. The van der Waals surface area contributed by atoms with E-state index in [9.17, 15) is 8.42 Å². The third-order valence-corrected chi connectivity index (χ3v) is 5.03. The number of nitrogens with one attached hydrogen (secondary N) is 1. The van der Waals surface area contributed by atoms with Gasteiger partial charge >= 0.3 is 0 Å². The van der Waals surface area contributed by atoms with E-state index in [0.717, 1.165) is 16.7 Å². The molecule has 1 aromatic heterocycles. The summed E-state index contributed by atoms with van der Waals surface area (Å²) in [6, 6.07) is 18.8. The Hall–Kier alpha value is -2.57. The zero-order chi connectivity index (χ0) is 17.5. The Bertz CT molecular complexity index is 896. The predicted octanol–water partition coefficient (Wildman–Crippen LogP) is 2.81. The first-order chi connectivity index (χ1) is 12.1. The largest absolute Gasteiger partial charge is 0.236 e. The lowest BCUT2D eigenvalue weighted by Crippen LogP contribution is -2.27. The maximum atomic E-state index is 12.1. The molecule has 0 aliphatic rings. The van der Waals surface area contributed by atoms with E-state index in [1.165, 1.54) is 0 Å². The molecule has 5 nitrogen and oxygen atoms in total. The topological polar surface area (TPSA) is 72.0 Å². The van der Waals surface area contributed by atoms with Crippen LogP contribution in [0.15, 0.2) is 73.1 Å². The fourth-order valence-electron chi connectivity index (χ4n) is 2.42. The normalized spacial score (nSPS) is 11.4. The van der Waals surface area contributed by atoms with Crippen LogP contribution in [-0.2, 0) is 22.2 Å². The van der Waals surface area contributed by atoms with Crippen LogP contribution in [0.4, 0.5) is 0 Å². The third-order valence-electron chi connectivity index (χ3n) is 3.67. The number of benzene rings is 2. The molecule has 0 fully saturated rings. The minimum Gasteiger partial charge on any atom is -0.236 e. The molecule has 3 rings (SSSR count). The van der Waals surface area contributed by atoms with Crippen LogP contribution in [0.25, 0.3) is 11.4 Å². The quantitative estimate of drug-likeness (QED) is 0.709. The van der Waals surface area contributed by atoms with Crippen molar-refractivity contribution in [1.82, 2.24) is 14.7 Å². The lowest BCUT2D eigenvalue weighted by atomic mass is 10.2. The summed E-state index contributed by atoms with van der Waals surface area (Å²) in [5.41, 5.74) is 2.62. The van der Waals surface area contributed by atoms with Crippen LogP contribution in [0.3, 0.4) is 0 Å². The maximum Gasteiger partial charge on any atom is 0.215 e. The van der Waals surface area contributed by atoms with Crippen molar-refractivity contribution < 1.29 is 8.42 Å². The highest BCUT2D eigenvalue weighted by molar-refractivity contribution is 7.88. The third kappa shape index (κ3) is 5.20. The Labute approximate surface area is 147 Å². The van der Waals surface area contributed by atoms with Crippen molar-refractivity contribution in [1.29, 1.82) is 0 Å². The van der Waals surface area contributed by atoms with Crippen LogP contribution in [0.1, 0.15) is 11.1 Å². The summed E-state index contributed by atoms with van der Waals surface area (Å²) < 4.78 is 26.8. The predicted molar refractivity (Wildman–Crippen MR) is 98.2 cm³/mol. The molecule has 128 valence electrons. The molecule has 25 heavy (non-hydrogen) atoms. The molecular weight excluding hydrogens is 334 g/mol. The molecule has 0 unspecified atom stereocenters. The van der Waals surface area contributed by atoms with E-state index < -0.39 is 10.0 Å². The first-order valence-electron chi connectivity index (χ1n) is 8.00. The van der Waals surface area contributed by atoms with Crippen molar-refractivity contribution in [2.24, 2.45) is 0 Å². The zero-order valence-corrected chi connectivity index (χ0v) is 14.5. The second-order valence-corrected chi connectivity index (χ2v) is 7.48. The lowest BCUT2D eigenvalue weighted by Gasteiger charge is -2.07. The molecule has 3 aromatic rings. The molecule has 0 spiro atoms. The highest BCUT2D eigenvalue weighted by Gasteiger charge is 2.10. The van der Waals surface area contributed by atoms with Crippen molar-refractivity contribution in [2.75, 3.05) is 6.54 Å². The molecule has 1 heterocycles. The summed E-state index contributed by atoms with van der Waals surface area (Å²) in [5, 5.41) is 0. The van der Waals surface area contributed by atoms with Crippen molar-refractivity contribution in [3.63, 3.8) is 0 Å². The van der Waals surface area contributed by atoms with Gasteiger partial charge in [0.05, 0.1) is 5.75 Å². The van der Waals surface area contributed by atoms with Gasteiger partial charge in [0, 0.05) is 24.5 Å². The van der Waals surface area contributed by atoms with Crippen LogP contribution < -0.4 is 4.72 Å². The minimum atomic E-state index is -3.35. The number of hydrogen-bond donors (Lipinski definition) is 1. The molecule has 0 saturated heterocycles. The number of rotatable bonds is 7. The standard InChI is InChI=1S/C19H19N3O2S/c23-25(24,15-16-7-3-1-4-8-16)22-12-11-17-13-20-19(21-14-17)18-9-5-2-6-10-18/h1-10,13-14,22H,11-12,15H2. The van der Waals surface area contributed by atoms with Gasteiger partial charge in [-0.05, 0) is 17.5 Å². The van der Waals surface area contributed by atoms with E-state index in [2.05, 4.69) is 14.7 Å². The monoisotopic (exact) mass is 353 g/mol. The molecule has 0 atom stereocenters. The van der Waals surface area contributed by atoms with Crippen molar-refractivity contribution in [3.05, 3.63) is 84.2 Å².